The number of rotatable bonds is 0. The first-order chi connectivity index (χ1) is 4.63. The molecule has 1 rings (SSSR count). The molecule has 0 spiro atoms. The largest absolute Gasteiger partial charge is 0.0827 e. The van der Waals surface area contributed by atoms with Gasteiger partial charge in [0.15, 0.2) is 0 Å². The fraction of sp³-hybridized carbons (Fsp3) is 0.125. The summed E-state index contributed by atoms with van der Waals surface area (Å²) in [5, 5.41) is 1.20. The molecule has 1 radical (unpaired) electrons. The van der Waals surface area contributed by atoms with Crippen molar-refractivity contribution in [3.05, 3.63) is 40.2 Å². The quantitative estimate of drug-likeness (QED) is 0.564. The fourth-order valence-corrected chi connectivity index (χ4v) is 1.08. The molecule has 0 aromatic heterocycles. The molecule has 0 saturated carbocycles. The zero-order valence-corrected chi connectivity index (χ0v) is 7.13. The van der Waals surface area contributed by atoms with Gasteiger partial charge in [-0.25, -0.2) is 0 Å². The molecule has 53 valence electrons. The normalized spacial score (nSPS) is 10.0. The van der Waals surface area contributed by atoms with Gasteiger partial charge in [0.25, 0.3) is 0 Å². The first-order valence-corrected chi connectivity index (χ1v) is 3.65. The molecule has 0 heterocycles. The van der Waals surface area contributed by atoms with Crippen LogP contribution in [0.25, 0.3) is 0 Å². The van der Waals surface area contributed by atoms with Crippen molar-refractivity contribution in [1.82, 2.24) is 0 Å². The fourth-order valence-electron chi connectivity index (χ4n) is 0.692. The molecule has 0 fully saturated rings. The second-order valence-electron chi connectivity index (χ2n) is 2.15. The lowest BCUT2D eigenvalue weighted by Crippen LogP contribution is -1.81. The highest BCUT2D eigenvalue weighted by Gasteiger charge is 2.01. The van der Waals surface area contributed by atoms with Gasteiger partial charge in [-0.1, -0.05) is 29.3 Å². The van der Waals surface area contributed by atoms with Crippen molar-refractivity contribution in [3.63, 3.8) is 0 Å². The smallest absolute Gasteiger partial charge is 0.0624 e. The molecular weight excluding hydrogens is 167 g/mol. The summed E-state index contributed by atoms with van der Waals surface area (Å²) in [4.78, 5) is 0. The van der Waals surface area contributed by atoms with Crippen molar-refractivity contribution < 1.29 is 0 Å². The van der Waals surface area contributed by atoms with E-state index in [1.165, 1.54) is 0 Å². The van der Waals surface area contributed by atoms with Crippen LogP contribution in [-0.4, -0.2) is 0 Å². The minimum absolute atomic E-state index is 0.589. The van der Waals surface area contributed by atoms with E-state index < -0.39 is 0 Å². The van der Waals surface area contributed by atoms with Crippen LogP contribution in [0, 0.1) is 13.8 Å². The maximum atomic E-state index is 5.81. The third-order valence-electron chi connectivity index (χ3n) is 1.45. The van der Waals surface area contributed by atoms with Gasteiger partial charge in [0, 0.05) is 0 Å². The molecule has 0 amide bonds. The molecule has 0 nitrogen and oxygen atoms in total. The van der Waals surface area contributed by atoms with Crippen molar-refractivity contribution in [2.45, 2.75) is 6.92 Å². The average molecular weight is 174 g/mol. The summed E-state index contributed by atoms with van der Waals surface area (Å²) >= 11 is 11.5. The van der Waals surface area contributed by atoms with Gasteiger partial charge in [0.1, 0.15) is 0 Å². The SMILES string of the molecule is [CH2]c1ccc(Cl)c(Cl)c1C. The van der Waals surface area contributed by atoms with Gasteiger partial charge < -0.3 is 0 Å². The summed E-state index contributed by atoms with van der Waals surface area (Å²) in [7, 11) is 0. The van der Waals surface area contributed by atoms with Gasteiger partial charge in [-0.05, 0) is 31.0 Å². The van der Waals surface area contributed by atoms with E-state index in [0.717, 1.165) is 11.1 Å². The van der Waals surface area contributed by atoms with E-state index >= 15 is 0 Å². The summed E-state index contributed by atoms with van der Waals surface area (Å²) in [6.45, 7) is 5.68. The van der Waals surface area contributed by atoms with E-state index in [2.05, 4.69) is 6.92 Å². The molecule has 0 N–H and O–H groups in total. The lowest BCUT2D eigenvalue weighted by atomic mass is 10.1. The lowest BCUT2D eigenvalue weighted by Gasteiger charge is -2.02. The van der Waals surface area contributed by atoms with Crippen LogP contribution in [0.15, 0.2) is 12.1 Å². The number of hydrogen-bond donors (Lipinski definition) is 0. The lowest BCUT2D eigenvalue weighted by molar-refractivity contribution is 1.42. The van der Waals surface area contributed by atoms with E-state index in [4.69, 9.17) is 23.2 Å². The number of hydrogen-bond acceptors (Lipinski definition) is 0. The number of halogens is 2. The van der Waals surface area contributed by atoms with Crippen LogP contribution in [0.3, 0.4) is 0 Å². The first-order valence-electron chi connectivity index (χ1n) is 2.89. The third kappa shape index (κ3) is 1.28. The van der Waals surface area contributed by atoms with Gasteiger partial charge in [0.2, 0.25) is 0 Å². The maximum Gasteiger partial charge on any atom is 0.0624 e. The van der Waals surface area contributed by atoms with Crippen LogP contribution >= 0.6 is 23.2 Å². The second kappa shape index (κ2) is 2.81. The zero-order chi connectivity index (χ0) is 7.72. The maximum absolute atomic E-state index is 5.81. The van der Waals surface area contributed by atoms with Crippen LogP contribution in [0.5, 0.6) is 0 Å². The summed E-state index contributed by atoms with van der Waals surface area (Å²) in [5.41, 5.74) is 1.88. The highest BCUT2D eigenvalue weighted by molar-refractivity contribution is 6.42. The van der Waals surface area contributed by atoms with Gasteiger partial charge in [0.05, 0.1) is 10.0 Å². The van der Waals surface area contributed by atoms with Crippen molar-refractivity contribution in [2.24, 2.45) is 0 Å². The topological polar surface area (TPSA) is 0 Å². The highest BCUT2D eigenvalue weighted by Crippen LogP contribution is 2.26. The Morgan fingerprint density at radius 2 is 1.90 bits per heavy atom. The van der Waals surface area contributed by atoms with Crippen molar-refractivity contribution in [2.75, 3.05) is 0 Å². The Morgan fingerprint density at radius 3 is 2.40 bits per heavy atom. The van der Waals surface area contributed by atoms with E-state index in [1.807, 2.05) is 13.0 Å². The predicted molar refractivity (Wildman–Crippen MR) is 45.7 cm³/mol. The molecule has 0 unspecified atom stereocenters. The molecule has 2 heteroatoms. The summed E-state index contributed by atoms with van der Waals surface area (Å²) in [5.74, 6) is 0. The molecule has 0 aliphatic heterocycles. The van der Waals surface area contributed by atoms with Crippen molar-refractivity contribution in [3.8, 4) is 0 Å². The summed E-state index contributed by atoms with van der Waals surface area (Å²) in [6.07, 6.45) is 0. The Balaban J connectivity index is 3.34. The summed E-state index contributed by atoms with van der Waals surface area (Å²) < 4.78 is 0. The van der Waals surface area contributed by atoms with Gasteiger partial charge in [-0.2, -0.15) is 0 Å². The van der Waals surface area contributed by atoms with Crippen molar-refractivity contribution >= 4 is 23.2 Å². The molecule has 0 aliphatic rings. The Bertz CT molecular complexity index is 227. The standard InChI is InChI=1S/C8H7Cl2/c1-5-3-4-7(9)8(10)6(5)2/h3-4H,1H2,2H3. The van der Waals surface area contributed by atoms with E-state index in [1.54, 1.807) is 6.07 Å². The highest BCUT2D eigenvalue weighted by atomic mass is 35.5. The summed E-state index contributed by atoms with van der Waals surface area (Å²) in [6, 6.07) is 3.60. The van der Waals surface area contributed by atoms with E-state index in [-0.39, 0.29) is 0 Å². The van der Waals surface area contributed by atoms with Crippen LogP contribution in [0.2, 0.25) is 10.0 Å². The molecule has 0 bridgehead atoms. The van der Waals surface area contributed by atoms with Gasteiger partial charge in [-0.15, -0.1) is 0 Å². The minimum Gasteiger partial charge on any atom is -0.0827 e. The monoisotopic (exact) mass is 173 g/mol. The second-order valence-corrected chi connectivity index (χ2v) is 2.93. The van der Waals surface area contributed by atoms with Gasteiger partial charge >= 0.3 is 0 Å². The molecule has 10 heavy (non-hydrogen) atoms. The molecule has 1 aromatic carbocycles. The zero-order valence-electron chi connectivity index (χ0n) is 5.62. The van der Waals surface area contributed by atoms with E-state index in [9.17, 15) is 0 Å². The molecule has 0 saturated heterocycles. The molecular formula is C8H7Cl2. The van der Waals surface area contributed by atoms with Crippen LogP contribution in [0.4, 0.5) is 0 Å². The van der Waals surface area contributed by atoms with Crippen LogP contribution in [-0.2, 0) is 0 Å². The molecule has 1 aromatic rings. The molecule has 0 aliphatic carbocycles. The Labute approximate surface area is 70.8 Å². The predicted octanol–water partition coefficient (Wildman–Crippen LogP) is 3.48. The molecule has 0 atom stereocenters. The number of benzene rings is 1. The third-order valence-corrected chi connectivity index (χ3v) is 2.35. The van der Waals surface area contributed by atoms with Gasteiger partial charge in [-0.3, -0.25) is 0 Å². The van der Waals surface area contributed by atoms with Crippen molar-refractivity contribution in [1.29, 1.82) is 0 Å². The Hall–Kier alpha value is -0.200. The Kier molecular flexibility index (Phi) is 2.22. The Morgan fingerprint density at radius 1 is 1.30 bits per heavy atom. The van der Waals surface area contributed by atoms with Crippen LogP contribution < -0.4 is 0 Å². The minimum atomic E-state index is 0.589. The van der Waals surface area contributed by atoms with Crippen LogP contribution in [0.1, 0.15) is 11.1 Å². The first kappa shape index (κ1) is 7.90. The van der Waals surface area contributed by atoms with E-state index in [0.29, 0.717) is 10.0 Å². The average Bonchev–Trinajstić information content (AvgIpc) is 1.93.